The van der Waals surface area contributed by atoms with Gasteiger partial charge in [0.15, 0.2) is 0 Å². The molecule has 0 fully saturated rings. The number of alkyl halides is 6. The van der Waals surface area contributed by atoms with E-state index in [9.17, 15) is 34.8 Å². The van der Waals surface area contributed by atoms with Gasteiger partial charge in [-0.3, -0.25) is 4.98 Å². The number of fused-ring (bicyclic) bond motifs is 1. The van der Waals surface area contributed by atoms with Crippen molar-refractivity contribution in [1.82, 2.24) is 4.98 Å². The van der Waals surface area contributed by atoms with Gasteiger partial charge in [-0.05, 0) is 46.4 Å². The van der Waals surface area contributed by atoms with E-state index in [1.807, 2.05) is 0 Å². The van der Waals surface area contributed by atoms with E-state index < -0.39 is 51.0 Å². The second kappa shape index (κ2) is 8.99. The lowest BCUT2D eigenvalue weighted by Gasteiger charge is -2.23. The molecule has 182 valence electrons. The summed E-state index contributed by atoms with van der Waals surface area (Å²) in [6, 6.07) is 13.3. The maximum absolute atomic E-state index is 14.7. The Bertz CT molecular complexity index is 1480. The summed E-state index contributed by atoms with van der Waals surface area (Å²) in [4.78, 5) is 3.88. The van der Waals surface area contributed by atoms with Crippen LogP contribution in [0.1, 0.15) is 22.3 Å². The number of para-hydroxylation sites is 1. The molecule has 0 atom stereocenters. The van der Waals surface area contributed by atoms with Gasteiger partial charge in [0, 0.05) is 11.6 Å². The van der Waals surface area contributed by atoms with Crippen molar-refractivity contribution < 1.29 is 34.8 Å². The van der Waals surface area contributed by atoms with Crippen molar-refractivity contribution in [3.63, 3.8) is 0 Å². The van der Waals surface area contributed by atoms with Gasteiger partial charge in [-0.25, -0.2) is 8.42 Å². The zero-order valence-corrected chi connectivity index (χ0v) is 18.9. The molecule has 0 radical (unpaired) electrons. The highest BCUT2D eigenvalue weighted by Gasteiger charge is 2.39. The first kappa shape index (κ1) is 24.7. The Balaban J connectivity index is 2.22. The molecule has 0 unspecified atom stereocenters. The lowest BCUT2D eigenvalue weighted by Crippen LogP contribution is -2.13. The third-order valence-corrected chi connectivity index (χ3v) is 6.20. The second-order valence-corrected chi connectivity index (χ2v) is 8.87. The minimum absolute atomic E-state index is 0.141. The van der Waals surface area contributed by atoms with Crippen LogP contribution in [0.3, 0.4) is 0 Å². The van der Waals surface area contributed by atoms with E-state index in [4.69, 9.17) is 0 Å². The average molecular weight is 509 g/mol. The molecule has 1 aromatic heterocycles. The number of pyridine rings is 1. The molecule has 4 rings (SSSR count). The van der Waals surface area contributed by atoms with Crippen molar-refractivity contribution >= 4 is 21.6 Å². The summed E-state index contributed by atoms with van der Waals surface area (Å²) < 4.78 is 108. The highest BCUT2D eigenvalue weighted by molar-refractivity contribution is 7.71. The van der Waals surface area contributed by atoms with Crippen LogP contribution in [-0.2, 0) is 28.8 Å². The van der Waals surface area contributed by atoms with Crippen LogP contribution in [0.15, 0.2) is 66.9 Å². The van der Waals surface area contributed by atoms with Gasteiger partial charge >= 0.3 is 12.4 Å². The molecule has 0 N–H and O–H groups in total. The van der Waals surface area contributed by atoms with Gasteiger partial charge in [0.25, 0.3) is 0 Å². The molecule has 3 aromatic carbocycles. The fourth-order valence-electron chi connectivity index (χ4n) is 4.24. The number of halogens is 6. The van der Waals surface area contributed by atoms with Crippen LogP contribution >= 0.6 is 0 Å². The van der Waals surface area contributed by atoms with Crippen molar-refractivity contribution in [2.45, 2.75) is 25.0 Å². The molecule has 0 bridgehead atoms. The molecule has 0 aliphatic heterocycles. The number of thiol groups is 1. The standard InChI is InChI=1S/C25H17F6NO2S/c1-14-12-32-23-18(8-5-9-19(23)24(26,27)28)20(14)21-16(13-35(33)34)10-11-17(22(21)25(29,30)31)15-6-3-2-4-7-15/h2-12,35H,13H2,1H3. The number of aryl methyl sites for hydroxylation is 1. The zero-order chi connectivity index (χ0) is 25.5. The lowest BCUT2D eigenvalue weighted by molar-refractivity contribution is -0.137. The van der Waals surface area contributed by atoms with E-state index in [2.05, 4.69) is 4.98 Å². The number of nitrogens with zero attached hydrogens (tertiary/aromatic N) is 1. The van der Waals surface area contributed by atoms with E-state index in [1.54, 1.807) is 18.2 Å². The summed E-state index contributed by atoms with van der Waals surface area (Å²) in [5, 5.41) is -0.155. The minimum atomic E-state index is -4.95. The second-order valence-electron chi connectivity index (χ2n) is 7.89. The molecular weight excluding hydrogens is 492 g/mol. The van der Waals surface area contributed by atoms with Crippen LogP contribution in [-0.4, -0.2) is 13.4 Å². The Morgan fingerprint density at radius 2 is 1.49 bits per heavy atom. The molecular formula is C25H17F6NO2S. The van der Waals surface area contributed by atoms with Crippen molar-refractivity contribution in [3.8, 4) is 22.3 Å². The summed E-state index contributed by atoms with van der Waals surface area (Å²) >= 11 is 0. The van der Waals surface area contributed by atoms with Gasteiger partial charge in [0.05, 0.1) is 22.4 Å². The van der Waals surface area contributed by atoms with Gasteiger partial charge in [-0.1, -0.05) is 54.6 Å². The first-order valence-electron chi connectivity index (χ1n) is 10.3. The third kappa shape index (κ3) is 4.75. The van der Waals surface area contributed by atoms with E-state index in [-0.39, 0.29) is 33.2 Å². The highest BCUT2D eigenvalue weighted by Crippen LogP contribution is 2.48. The van der Waals surface area contributed by atoms with Crippen LogP contribution < -0.4 is 0 Å². The molecule has 0 amide bonds. The summed E-state index contributed by atoms with van der Waals surface area (Å²) in [5.41, 5.74) is -3.32. The number of hydrogen-bond acceptors (Lipinski definition) is 3. The summed E-state index contributed by atoms with van der Waals surface area (Å²) in [7, 11) is -3.14. The van der Waals surface area contributed by atoms with E-state index >= 15 is 0 Å². The fraction of sp³-hybridized carbons (Fsp3) is 0.160. The van der Waals surface area contributed by atoms with Gasteiger partial charge in [0.2, 0.25) is 0 Å². The molecule has 10 heteroatoms. The van der Waals surface area contributed by atoms with Gasteiger partial charge < -0.3 is 0 Å². The van der Waals surface area contributed by atoms with E-state index in [0.29, 0.717) is 0 Å². The smallest absolute Gasteiger partial charge is 0.255 e. The Labute approximate surface area is 198 Å². The topological polar surface area (TPSA) is 47.0 Å². The van der Waals surface area contributed by atoms with E-state index in [1.165, 1.54) is 37.3 Å². The predicted octanol–water partition coefficient (Wildman–Crippen LogP) is 7.03. The Morgan fingerprint density at radius 3 is 2.09 bits per heavy atom. The molecule has 0 saturated carbocycles. The maximum atomic E-state index is 14.7. The lowest BCUT2D eigenvalue weighted by atomic mass is 9.85. The van der Waals surface area contributed by atoms with Crippen LogP contribution in [0.5, 0.6) is 0 Å². The summed E-state index contributed by atoms with van der Waals surface area (Å²) in [6.07, 6.45) is -8.67. The van der Waals surface area contributed by atoms with Crippen molar-refractivity contribution in [2.75, 3.05) is 0 Å². The van der Waals surface area contributed by atoms with Crippen LogP contribution in [0, 0.1) is 6.92 Å². The van der Waals surface area contributed by atoms with Crippen LogP contribution in [0.2, 0.25) is 0 Å². The SMILES string of the molecule is Cc1cnc2c(C(F)(F)F)cccc2c1-c1c(C[SH](=O)=O)ccc(-c2ccccc2)c1C(F)(F)F. The monoisotopic (exact) mass is 509 g/mol. The van der Waals surface area contributed by atoms with Crippen molar-refractivity contribution in [2.24, 2.45) is 0 Å². The number of benzene rings is 3. The Hall–Kier alpha value is -3.40. The molecule has 1 heterocycles. The highest BCUT2D eigenvalue weighted by atomic mass is 32.2. The molecule has 3 nitrogen and oxygen atoms in total. The molecule has 4 aromatic rings. The predicted molar refractivity (Wildman–Crippen MR) is 121 cm³/mol. The summed E-state index contributed by atoms with van der Waals surface area (Å²) in [6.45, 7) is 1.43. The zero-order valence-electron chi connectivity index (χ0n) is 18.0. The van der Waals surface area contributed by atoms with Gasteiger partial charge in [0.1, 0.15) is 10.7 Å². The van der Waals surface area contributed by atoms with Crippen LogP contribution in [0.4, 0.5) is 26.3 Å². The normalized spacial score (nSPS) is 12.5. The van der Waals surface area contributed by atoms with Crippen molar-refractivity contribution in [1.29, 1.82) is 0 Å². The maximum Gasteiger partial charge on any atom is 0.418 e. The average Bonchev–Trinajstić information content (AvgIpc) is 2.77. The number of hydrogen-bond donors (Lipinski definition) is 1. The van der Waals surface area contributed by atoms with Crippen LogP contribution in [0.25, 0.3) is 33.2 Å². The van der Waals surface area contributed by atoms with E-state index in [0.717, 1.165) is 18.3 Å². The molecule has 35 heavy (non-hydrogen) atoms. The quantitative estimate of drug-likeness (QED) is 0.237. The van der Waals surface area contributed by atoms with Gasteiger partial charge in [-0.2, -0.15) is 26.3 Å². The molecule has 0 saturated heterocycles. The van der Waals surface area contributed by atoms with Gasteiger partial charge in [-0.15, -0.1) is 0 Å². The van der Waals surface area contributed by atoms with Crippen molar-refractivity contribution in [3.05, 3.63) is 89.1 Å². The summed E-state index contributed by atoms with van der Waals surface area (Å²) in [5.74, 6) is -0.717. The first-order valence-corrected chi connectivity index (χ1v) is 11.6. The molecule has 0 spiro atoms. The Morgan fingerprint density at radius 1 is 0.800 bits per heavy atom. The fourth-order valence-corrected chi connectivity index (χ4v) is 4.78. The molecule has 0 aliphatic carbocycles. The largest absolute Gasteiger partial charge is 0.418 e. The Kier molecular flexibility index (Phi) is 6.35. The number of rotatable bonds is 4. The first-order chi connectivity index (χ1) is 16.4. The minimum Gasteiger partial charge on any atom is -0.255 e. The number of aromatic nitrogens is 1. The third-order valence-electron chi connectivity index (χ3n) is 5.60. The molecule has 0 aliphatic rings.